The summed E-state index contributed by atoms with van der Waals surface area (Å²) in [6.45, 7) is 0.908. The Balaban J connectivity index is 2.03. The molecule has 0 unspecified atom stereocenters. The number of ether oxygens (including phenoxy) is 2. The minimum absolute atomic E-state index is 0.0473. The van der Waals surface area contributed by atoms with Crippen LogP contribution >= 0.6 is 0 Å². The van der Waals surface area contributed by atoms with Gasteiger partial charge in [-0.15, -0.1) is 0 Å². The van der Waals surface area contributed by atoms with Crippen LogP contribution in [0.15, 0.2) is 36.5 Å². The first-order valence-corrected chi connectivity index (χ1v) is 7.57. The van der Waals surface area contributed by atoms with Gasteiger partial charge in [-0.25, -0.2) is 9.37 Å². The van der Waals surface area contributed by atoms with E-state index in [1.165, 1.54) is 18.3 Å². The second-order valence-corrected chi connectivity index (χ2v) is 5.23. The maximum Gasteiger partial charge on any atom is 0.416 e. The zero-order valence-electron chi connectivity index (χ0n) is 13.8. The number of halogens is 4. The summed E-state index contributed by atoms with van der Waals surface area (Å²) in [5.74, 6) is -1.48. The fourth-order valence-corrected chi connectivity index (χ4v) is 1.97. The number of amides is 1. The van der Waals surface area contributed by atoms with Gasteiger partial charge in [0.2, 0.25) is 5.88 Å². The van der Waals surface area contributed by atoms with Gasteiger partial charge >= 0.3 is 6.18 Å². The number of aromatic nitrogens is 1. The highest BCUT2D eigenvalue weighted by Crippen LogP contribution is 2.31. The quantitative estimate of drug-likeness (QED) is 0.591. The second-order valence-electron chi connectivity index (χ2n) is 5.23. The van der Waals surface area contributed by atoms with Crippen molar-refractivity contribution < 1.29 is 31.8 Å². The van der Waals surface area contributed by atoms with Crippen LogP contribution in [0.25, 0.3) is 0 Å². The summed E-state index contributed by atoms with van der Waals surface area (Å²) in [7, 11) is 1.57. The van der Waals surface area contributed by atoms with Gasteiger partial charge in [0.1, 0.15) is 5.82 Å². The van der Waals surface area contributed by atoms with E-state index in [0.717, 1.165) is 0 Å². The van der Waals surface area contributed by atoms with E-state index in [1.54, 1.807) is 7.11 Å². The number of carbonyl (C=O) groups is 1. The van der Waals surface area contributed by atoms with Crippen molar-refractivity contribution >= 4 is 11.6 Å². The fourth-order valence-electron chi connectivity index (χ4n) is 1.97. The molecular weight excluding hydrogens is 356 g/mol. The van der Waals surface area contributed by atoms with Crippen LogP contribution < -0.4 is 10.1 Å². The lowest BCUT2D eigenvalue weighted by Gasteiger charge is -2.11. The van der Waals surface area contributed by atoms with Crippen LogP contribution in [0.4, 0.5) is 23.2 Å². The van der Waals surface area contributed by atoms with Crippen molar-refractivity contribution in [1.29, 1.82) is 0 Å². The lowest BCUT2D eigenvalue weighted by molar-refractivity contribution is -0.137. The van der Waals surface area contributed by atoms with E-state index in [-0.39, 0.29) is 11.4 Å². The van der Waals surface area contributed by atoms with Crippen LogP contribution in [0.3, 0.4) is 0 Å². The molecular formula is C17H16F4N2O3. The van der Waals surface area contributed by atoms with Crippen LogP contribution in [-0.4, -0.2) is 31.2 Å². The molecule has 0 fully saturated rings. The van der Waals surface area contributed by atoms with Crippen molar-refractivity contribution in [2.24, 2.45) is 0 Å². The van der Waals surface area contributed by atoms with E-state index >= 15 is 0 Å². The minimum Gasteiger partial charge on any atom is -0.478 e. The second kappa shape index (κ2) is 8.61. The Morgan fingerprint density at radius 1 is 1.19 bits per heavy atom. The first-order chi connectivity index (χ1) is 12.3. The molecule has 0 radical (unpaired) electrons. The average Bonchev–Trinajstić information content (AvgIpc) is 2.60. The summed E-state index contributed by atoms with van der Waals surface area (Å²) >= 11 is 0. The number of nitrogens with one attached hydrogen (secondary N) is 1. The normalized spacial score (nSPS) is 11.3. The highest BCUT2D eigenvalue weighted by molar-refractivity contribution is 6.04. The summed E-state index contributed by atoms with van der Waals surface area (Å²) in [4.78, 5) is 16.0. The van der Waals surface area contributed by atoms with E-state index in [4.69, 9.17) is 9.47 Å². The van der Waals surface area contributed by atoms with Crippen LogP contribution in [-0.2, 0) is 10.9 Å². The number of hydrogen-bond acceptors (Lipinski definition) is 4. The Kier molecular flexibility index (Phi) is 6.51. The van der Waals surface area contributed by atoms with Crippen molar-refractivity contribution in [3.05, 3.63) is 53.5 Å². The zero-order valence-corrected chi connectivity index (χ0v) is 13.8. The molecule has 1 N–H and O–H groups in total. The molecule has 9 heteroatoms. The number of anilines is 1. The molecule has 0 saturated heterocycles. The zero-order chi connectivity index (χ0) is 19.2. The van der Waals surface area contributed by atoms with Crippen molar-refractivity contribution in [3.8, 4) is 5.88 Å². The number of pyridine rings is 1. The Hall–Kier alpha value is -2.68. The average molecular weight is 372 g/mol. The van der Waals surface area contributed by atoms with Crippen LogP contribution in [0.1, 0.15) is 22.3 Å². The highest BCUT2D eigenvalue weighted by atomic mass is 19.4. The first kappa shape index (κ1) is 19.6. The molecule has 2 rings (SSSR count). The smallest absolute Gasteiger partial charge is 0.416 e. The summed E-state index contributed by atoms with van der Waals surface area (Å²) in [5, 5.41) is 2.11. The summed E-state index contributed by atoms with van der Waals surface area (Å²) < 4.78 is 61.9. The molecule has 5 nitrogen and oxygen atoms in total. The van der Waals surface area contributed by atoms with Crippen LogP contribution in [0.2, 0.25) is 0 Å². The topological polar surface area (TPSA) is 60.5 Å². The number of nitrogens with zero attached hydrogens (tertiary/aromatic N) is 1. The maximum atomic E-state index is 13.7. The molecule has 1 amide bonds. The summed E-state index contributed by atoms with van der Waals surface area (Å²) in [6.07, 6.45) is -2.79. The lowest BCUT2D eigenvalue weighted by Crippen LogP contribution is -2.15. The molecule has 0 spiro atoms. The Morgan fingerprint density at radius 2 is 1.96 bits per heavy atom. The van der Waals surface area contributed by atoms with Gasteiger partial charge in [0.15, 0.2) is 0 Å². The molecule has 0 atom stereocenters. The molecule has 2 aromatic rings. The lowest BCUT2D eigenvalue weighted by atomic mass is 10.1. The molecule has 0 aliphatic heterocycles. The number of alkyl halides is 3. The third-order valence-electron chi connectivity index (χ3n) is 3.28. The molecule has 1 aromatic heterocycles. The molecule has 1 aromatic carbocycles. The van der Waals surface area contributed by atoms with Gasteiger partial charge in [-0.05, 0) is 24.3 Å². The monoisotopic (exact) mass is 372 g/mol. The molecule has 0 aliphatic rings. The molecule has 0 bridgehead atoms. The third kappa shape index (κ3) is 5.41. The predicted octanol–water partition coefficient (Wildman–Crippen LogP) is 3.91. The number of carbonyl (C=O) groups excluding carboxylic acids is 1. The predicted molar refractivity (Wildman–Crippen MR) is 85.6 cm³/mol. The molecule has 0 aliphatic carbocycles. The number of benzene rings is 1. The SMILES string of the molecule is COCCCOc1ccc(C(=O)Nc2cc(C(F)(F)F)ccc2F)cn1. The van der Waals surface area contributed by atoms with Gasteiger partial charge in [-0.2, -0.15) is 13.2 Å². The largest absolute Gasteiger partial charge is 0.478 e. The van der Waals surface area contributed by atoms with Gasteiger partial charge in [-0.3, -0.25) is 4.79 Å². The Bertz CT molecular complexity index is 749. The van der Waals surface area contributed by atoms with Crippen molar-refractivity contribution in [2.45, 2.75) is 12.6 Å². The van der Waals surface area contributed by atoms with E-state index in [9.17, 15) is 22.4 Å². The number of hydrogen-bond donors (Lipinski definition) is 1. The first-order valence-electron chi connectivity index (χ1n) is 7.57. The van der Waals surface area contributed by atoms with Crippen molar-refractivity contribution in [2.75, 3.05) is 25.6 Å². The number of methoxy groups -OCH3 is 1. The fraction of sp³-hybridized carbons (Fsp3) is 0.294. The Morgan fingerprint density at radius 3 is 2.58 bits per heavy atom. The van der Waals surface area contributed by atoms with Crippen LogP contribution in [0, 0.1) is 5.82 Å². The third-order valence-corrected chi connectivity index (χ3v) is 3.28. The molecule has 140 valence electrons. The van der Waals surface area contributed by atoms with E-state index < -0.39 is 29.2 Å². The van der Waals surface area contributed by atoms with Crippen molar-refractivity contribution in [1.82, 2.24) is 4.98 Å². The van der Waals surface area contributed by atoms with Gasteiger partial charge in [0.05, 0.1) is 23.4 Å². The standard InChI is InChI=1S/C17H16F4N2O3/c1-25-7-2-8-26-15-6-3-11(10-22-15)16(24)23-14-9-12(17(19,20)21)4-5-13(14)18/h3-6,9-10H,2,7-8H2,1H3,(H,23,24). The molecule has 26 heavy (non-hydrogen) atoms. The van der Waals surface area contributed by atoms with Gasteiger partial charge in [0, 0.05) is 32.4 Å². The molecule has 0 saturated carbocycles. The van der Waals surface area contributed by atoms with E-state index in [2.05, 4.69) is 10.3 Å². The highest BCUT2D eigenvalue weighted by Gasteiger charge is 2.31. The van der Waals surface area contributed by atoms with E-state index in [1.807, 2.05) is 0 Å². The minimum atomic E-state index is -4.64. The van der Waals surface area contributed by atoms with Gasteiger partial charge in [-0.1, -0.05) is 0 Å². The van der Waals surface area contributed by atoms with E-state index in [0.29, 0.717) is 37.8 Å². The number of rotatable bonds is 7. The van der Waals surface area contributed by atoms with Crippen molar-refractivity contribution in [3.63, 3.8) is 0 Å². The van der Waals surface area contributed by atoms with Gasteiger partial charge in [0.25, 0.3) is 5.91 Å². The maximum absolute atomic E-state index is 13.7. The summed E-state index contributed by atoms with van der Waals surface area (Å²) in [6, 6.07) is 4.59. The molecule has 1 heterocycles. The summed E-state index contributed by atoms with van der Waals surface area (Å²) in [5.41, 5.74) is -1.58. The van der Waals surface area contributed by atoms with Crippen LogP contribution in [0.5, 0.6) is 5.88 Å². The Labute approximate surface area is 146 Å². The van der Waals surface area contributed by atoms with Gasteiger partial charge < -0.3 is 14.8 Å².